The molecular formula is C27H18BNO3. The summed E-state index contributed by atoms with van der Waals surface area (Å²) in [5, 5.41) is 23.9. The first kappa shape index (κ1) is 18.8. The molecule has 0 fully saturated rings. The Bertz CT molecular complexity index is 1510. The fourth-order valence-corrected chi connectivity index (χ4v) is 4.53. The van der Waals surface area contributed by atoms with E-state index in [-0.39, 0.29) is 0 Å². The Balaban J connectivity index is 1.57. The van der Waals surface area contributed by atoms with Crippen molar-refractivity contribution in [2.75, 3.05) is 0 Å². The average Bonchev–Trinajstić information content (AvgIpc) is 3.27. The minimum absolute atomic E-state index is 0.531. The van der Waals surface area contributed by atoms with Crippen LogP contribution in [0.1, 0.15) is 0 Å². The highest BCUT2D eigenvalue weighted by atomic mass is 16.4. The third kappa shape index (κ3) is 2.91. The van der Waals surface area contributed by atoms with E-state index in [1.54, 1.807) is 0 Å². The lowest BCUT2D eigenvalue weighted by Crippen LogP contribution is -2.31. The Kier molecular flexibility index (Phi) is 4.32. The van der Waals surface area contributed by atoms with Crippen molar-refractivity contribution in [1.29, 1.82) is 0 Å². The molecule has 0 radical (unpaired) electrons. The first-order chi connectivity index (χ1) is 15.7. The average molecular weight is 415 g/mol. The highest BCUT2D eigenvalue weighted by Gasteiger charge is 2.22. The normalized spacial score (nSPS) is 11.4. The summed E-state index contributed by atoms with van der Waals surface area (Å²) in [6.07, 6.45) is 0. The van der Waals surface area contributed by atoms with Gasteiger partial charge in [0.15, 0.2) is 5.58 Å². The summed E-state index contributed by atoms with van der Waals surface area (Å²) in [6, 6.07) is 31.6. The number of nitrogens with zero attached hydrogens (tertiary/aromatic N) is 1. The number of oxazole rings is 1. The molecule has 0 atom stereocenters. The van der Waals surface area contributed by atoms with E-state index in [0.717, 1.165) is 49.3 Å². The molecule has 32 heavy (non-hydrogen) atoms. The van der Waals surface area contributed by atoms with E-state index in [9.17, 15) is 10.0 Å². The molecule has 1 aromatic heterocycles. The van der Waals surface area contributed by atoms with Crippen LogP contribution in [0.2, 0.25) is 0 Å². The molecule has 5 heteroatoms. The van der Waals surface area contributed by atoms with Crippen LogP contribution in [0.25, 0.3) is 55.2 Å². The van der Waals surface area contributed by atoms with Crippen molar-refractivity contribution in [2.24, 2.45) is 0 Å². The molecule has 6 aromatic rings. The summed E-state index contributed by atoms with van der Waals surface area (Å²) in [5.41, 5.74) is 5.13. The van der Waals surface area contributed by atoms with Crippen molar-refractivity contribution in [1.82, 2.24) is 4.98 Å². The van der Waals surface area contributed by atoms with Crippen LogP contribution in [-0.2, 0) is 0 Å². The molecule has 0 aliphatic heterocycles. The molecule has 4 nitrogen and oxygen atoms in total. The zero-order chi connectivity index (χ0) is 21.7. The van der Waals surface area contributed by atoms with E-state index in [2.05, 4.69) is 17.1 Å². The Morgan fingerprint density at radius 2 is 1.12 bits per heavy atom. The second-order valence-corrected chi connectivity index (χ2v) is 7.82. The maximum atomic E-state index is 10.1. The smallest absolute Gasteiger partial charge is 0.436 e. The molecular weight excluding hydrogens is 397 g/mol. The van der Waals surface area contributed by atoms with Crippen molar-refractivity contribution in [3.8, 4) is 22.6 Å². The Labute approximate surface area is 184 Å². The van der Waals surface area contributed by atoms with Gasteiger partial charge in [0, 0.05) is 5.56 Å². The quantitative estimate of drug-likeness (QED) is 0.310. The van der Waals surface area contributed by atoms with Gasteiger partial charge in [0.1, 0.15) is 5.52 Å². The van der Waals surface area contributed by atoms with Crippen LogP contribution in [0.3, 0.4) is 0 Å². The van der Waals surface area contributed by atoms with Crippen LogP contribution >= 0.6 is 0 Å². The lowest BCUT2D eigenvalue weighted by Gasteiger charge is -2.17. The van der Waals surface area contributed by atoms with E-state index in [1.165, 1.54) is 0 Å². The van der Waals surface area contributed by atoms with E-state index in [4.69, 9.17) is 4.42 Å². The Hall–Kier alpha value is -3.93. The molecule has 0 spiro atoms. The number of hydrogen-bond donors (Lipinski definition) is 2. The van der Waals surface area contributed by atoms with Crippen LogP contribution in [0.4, 0.5) is 0 Å². The van der Waals surface area contributed by atoms with Gasteiger partial charge in [-0.05, 0) is 62.4 Å². The molecule has 0 amide bonds. The van der Waals surface area contributed by atoms with Crippen LogP contribution in [0, 0.1) is 0 Å². The van der Waals surface area contributed by atoms with Gasteiger partial charge in [0.05, 0.1) is 0 Å². The second-order valence-electron chi connectivity index (χ2n) is 7.82. The number of hydrogen-bond acceptors (Lipinski definition) is 4. The molecule has 6 rings (SSSR count). The van der Waals surface area contributed by atoms with Gasteiger partial charge in [-0.3, -0.25) is 0 Å². The summed E-state index contributed by atoms with van der Waals surface area (Å²) >= 11 is 0. The van der Waals surface area contributed by atoms with Gasteiger partial charge in [-0.1, -0.05) is 72.8 Å². The fourth-order valence-electron chi connectivity index (χ4n) is 4.53. The molecule has 2 N–H and O–H groups in total. The second kappa shape index (κ2) is 7.34. The molecule has 0 aliphatic rings. The first-order valence-electron chi connectivity index (χ1n) is 10.5. The van der Waals surface area contributed by atoms with Crippen molar-refractivity contribution in [3.05, 3.63) is 97.1 Å². The molecule has 0 aliphatic carbocycles. The van der Waals surface area contributed by atoms with E-state index in [1.807, 2.05) is 84.9 Å². The number of benzene rings is 5. The summed E-state index contributed by atoms with van der Waals surface area (Å²) in [4.78, 5) is 4.59. The zero-order valence-electron chi connectivity index (χ0n) is 17.1. The summed E-state index contributed by atoms with van der Waals surface area (Å²) in [5.74, 6) is 0.589. The van der Waals surface area contributed by atoms with Gasteiger partial charge in [-0.15, -0.1) is 0 Å². The number of rotatable bonds is 3. The third-order valence-electron chi connectivity index (χ3n) is 5.95. The summed E-state index contributed by atoms with van der Waals surface area (Å²) in [6.45, 7) is 0. The van der Waals surface area contributed by atoms with E-state index < -0.39 is 7.12 Å². The maximum absolute atomic E-state index is 10.1. The van der Waals surface area contributed by atoms with Gasteiger partial charge in [0.2, 0.25) is 5.89 Å². The molecule has 1 heterocycles. The van der Waals surface area contributed by atoms with Crippen LogP contribution in [0.5, 0.6) is 0 Å². The third-order valence-corrected chi connectivity index (χ3v) is 5.95. The van der Waals surface area contributed by atoms with E-state index >= 15 is 0 Å². The van der Waals surface area contributed by atoms with Crippen molar-refractivity contribution in [3.63, 3.8) is 0 Å². The highest BCUT2D eigenvalue weighted by Crippen LogP contribution is 2.36. The molecule has 0 saturated carbocycles. The summed E-state index contributed by atoms with van der Waals surface area (Å²) in [7, 11) is -1.56. The van der Waals surface area contributed by atoms with Gasteiger partial charge >= 0.3 is 7.12 Å². The minimum Gasteiger partial charge on any atom is -0.436 e. The standard InChI is InChI=1S/C27H18BNO3/c30-28(31)26-21-9-3-1-7-19(21)25(20-8-2-4-10-22(20)26)17-13-15-18(16-14-17)27-29-23-11-5-6-12-24(23)32-27/h1-16,30-31H. The largest absolute Gasteiger partial charge is 0.489 e. The zero-order valence-corrected chi connectivity index (χ0v) is 17.1. The molecule has 0 unspecified atom stereocenters. The van der Waals surface area contributed by atoms with Gasteiger partial charge in [0.25, 0.3) is 0 Å². The molecule has 152 valence electrons. The predicted octanol–water partition coefficient (Wildman–Crippen LogP) is 5.15. The Morgan fingerprint density at radius 3 is 1.72 bits per heavy atom. The molecule has 0 bridgehead atoms. The Morgan fingerprint density at radius 1 is 0.594 bits per heavy atom. The molecule has 5 aromatic carbocycles. The van der Waals surface area contributed by atoms with E-state index in [0.29, 0.717) is 11.4 Å². The van der Waals surface area contributed by atoms with Crippen molar-refractivity contribution in [2.45, 2.75) is 0 Å². The first-order valence-corrected chi connectivity index (χ1v) is 10.5. The lowest BCUT2D eigenvalue weighted by atomic mass is 9.72. The SMILES string of the molecule is OB(O)c1c2ccccc2c(-c2ccc(-c3nc4ccccc4o3)cc2)c2ccccc12. The van der Waals surface area contributed by atoms with Crippen molar-refractivity contribution >= 4 is 45.2 Å². The van der Waals surface area contributed by atoms with Crippen LogP contribution in [-0.4, -0.2) is 22.2 Å². The summed E-state index contributed by atoms with van der Waals surface area (Å²) < 4.78 is 5.92. The van der Waals surface area contributed by atoms with Crippen LogP contribution in [0.15, 0.2) is 101 Å². The maximum Gasteiger partial charge on any atom is 0.489 e. The monoisotopic (exact) mass is 415 g/mol. The fraction of sp³-hybridized carbons (Fsp3) is 0. The minimum atomic E-state index is -1.56. The van der Waals surface area contributed by atoms with Crippen molar-refractivity contribution < 1.29 is 14.5 Å². The van der Waals surface area contributed by atoms with Gasteiger partial charge in [-0.25, -0.2) is 4.98 Å². The number of fused-ring (bicyclic) bond motifs is 3. The van der Waals surface area contributed by atoms with Gasteiger partial charge in [-0.2, -0.15) is 0 Å². The molecule has 0 saturated heterocycles. The number of para-hydroxylation sites is 2. The topological polar surface area (TPSA) is 66.5 Å². The number of aromatic nitrogens is 1. The van der Waals surface area contributed by atoms with Gasteiger partial charge < -0.3 is 14.5 Å². The van der Waals surface area contributed by atoms with Crippen LogP contribution < -0.4 is 5.46 Å². The predicted molar refractivity (Wildman–Crippen MR) is 130 cm³/mol. The highest BCUT2D eigenvalue weighted by molar-refractivity contribution is 6.66. The lowest BCUT2D eigenvalue weighted by molar-refractivity contribution is 0.426.